The zero-order valence-corrected chi connectivity index (χ0v) is 13.4. The molecule has 20 heavy (non-hydrogen) atoms. The molecule has 1 aliphatic heterocycles. The summed E-state index contributed by atoms with van der Waals surface area (Å²) in [6, 6.07) is 4.14. The van der Waals surface area contributed by atoms with Crippen molar-refractivity contribution in [3.63, 3.8) is 0 Å². The maximum atomic E-state index is 12.8. The Balaban J connectivity index is 2.33. The first-order valence-electron chi connectivity index (χ1n) is 7.33. The van der Waals surface area contributed by atoms with Crippen LogP contribution < -0.4 is 4.74 Å². The number of hydrogen-bond acceptors (Lipinski definition) is 2. The number of carbonyl (C=O) groups is 1. The van der Waals surface area contributed by atoms with Crippen LogP contribution in [0.3, 0.4) is 0 Å². The van der Waals surface area contributed by atoms with Crippen LogP contribution in [0.15, 0.2) is 12.1 Å². The molecule has 3 unspecified atom stereocenters. The van der Waals surface area contributed by atoms with E-state index < -0.39 is 0 Å². The molecule has 0 saturated carbocycles. The molecule has 1 aliphatic rings. The fourth-order valence-electron chi connectivity index (χ4n) is 3.00. The van der Waals surface area contributed by atoms with E-state index in [9.17, 15) is 4.79 Å². The third-order valence-corrected chi connectivity index (χ3v) is 4.98. The lowest BCUT2D eigenvalue weighted by molar-refractivity contribution is 0.0733. The molecule has 2 rings (SSSR count). The first kappa shape index (κ1) is 14.9. The number of nitrogens with zero attached hydrogens (tertiary/aromatic N) is 1. The molecule has 1 aromatic rings. The number of likely N-dealkylation sites (tertiary alicyclic amines) is 1. The third-order valence-electron chi connectivity index (χ3n) is 4.98. The van der Waals surface area contributed by atoms with Gasteiger partial charge in [0.05, 0.1) is 7.11 Å². The van der Waals surface area contributed by atoms with Gasteiger partial charge < -0.3 is 9.64 Å². The third kappa shape index (κ3) is 2.41. The monoisotopic (exact) mass is 275 g/mol. The molecule has 1 amide bonds. The molecule has 0 spiro atoms. The van der Waals surface area contributed by atoms with E-state index >= 15 is 0 Å². The fourth-order valence-corrected chi connectivity index (χ4v) is 3.00. The van der Waals surface area contributed by atoms with Crippen LogP contribution >= 0.6 is 0 Å². The van der Waals surface area contributed by atoms with Crippen molar-refractivity contribution < 1.29 is 9.53 Å². The van der Waals surface area contributed by atoms with E-state index in [1.54, 1.807) is 7.11 Å². The highest BCUT2D eigenvalue weighted by molar-refractivity contribution is 5.95. The number of carbonyl (C=O) groups excluding carboxylic acids is 1. The molecule has 1 fully saturated rings. The van der Waals surface area contributed by atoms with Crippen LogP contribution in [0.1, 0.15) is 42.3 Å². The van der Waals surface area contributed by atoms with Gasteiger partial charge >= 0.3 is 0 Å². The van der Waals surface area contributed by atoms with Gasteiger partial charge in [0.15, 0.2) is 0 Å². The van der Waals surface area contributed by atoms with Crippen LogP contribution in [0.4, 0.5) is 0 Å². The van der Waals surface area contributed by atoms with Crippen molar-refractivity contribution >= 4 is 5.91 Å². The highest BCUT2D eigenvalue weighted by Crippen LogP contribution is 2.31. The van der Waals surface area contributed by atoms with Crippen molar-refractivity contribution in [2.75, 3.05) is 13.7 Å². The van der Waals surface area contributed by atoms with Gasteiger partial charge in [0.2, 0.25) is 0 Å². The van der Waals surface area contributed by atoms with Crippen LogP contribution in [0, 0.1) is 25.7 Å². The Morgan fingerprint density at radius 1 is 1.25 bits per heavy atom. The minimum atomic E-state index is 0.120. The number of benzene rings is 1. The highest BCUT2D eigenvalue weighted by Gasteiger charge is 2.36. The lowest BCUT2D eigenvalue weighted by atomic mass is 9.95. The van der Waals surface area contributed by atoms with E-state index in [2.05, 4.69) is 20.8 Å². The molecule has 1 saturated heterocycles. The largest absolute Gasteiger partial charge is 0.496 e. The average molecular weight is 275 g/mol. The highest BCUT2D eigenvalue weighted by atomic mass is 16.5. The predicted molar refractivity (Wildman–Crippen MR) is 81.3 cm³/mol. The molecule has 1 aromatic carbocycles. The summed E-state index contributed by atoms with van der Waals surface area (Å²) >= 11 is 0. The summed E-state index contributed by atoms with van der Waals surface area (Å²) in [4.78, 5) is 14.7. The van der Waals surface area contributed by atoms with E-state index in [-0.39, 0.29) is 5.91 Å². The Labute approximate surface area is 121 Å². The van der Waals surface area contributed by atoms with E-state index in [1.165, 1.54) is 0 Å². The number of methoxy groups -OCH3 is 1. The van der Waals surface area contributed by atoms with Crippen LogP contribution in [-0.4, -0.2) is 30.5 Å². The molecule has 1 heterocycles. The van der Waals surface area contributed by atoms with Gasteiger partial charge in [-0.2, -0.15) is 0 Å². The molecule has 0 N–H and O–H groups in total. The predicted octanol–water partition coefficient (Wildman–Crippen LogP) is 3.43. The Hall–Kier alpha value is -1.51. The lowest BCUT2D eigenvalue weighted by Gasteiger charge is -2.24. The van der Waals surface area contributed by atoms with Gasteiger partial charge in [-0.15, -0.1) is 0 Å². The van der Waals surface area contributed by atoms with Gasteiger partial charge in [-0.3, -0.25) is 4.79 Å². The maximum absolute atomic E-state index is 12.8. The Bertz CT molecular complexity index is 524. The van der Waals surface area contributed by atoms with E-state index in [0.29, 0.717) is 17.9 Å². The SMILES string of the molecule is COc1cc(C(=O)N2CC(C)C(C)C2C)cc(C)c1C. The standard InChI is InChI=1S/C17H25NO2/c1-10-7-15(8-16(20-6)13(10)4)17(19)18-9-11(2)12(3)14(18)5/h7-8,11-12,14H,9H2,1-6H3. The topological polar surface area (TPSA) is 29.5 Å². The summed E-state index contributed by atoms with van der Waals surface area (Å²) in [5, 5.41) is 0. The van der Waals surface area contributed by atoms with Crippen LogP contribution in [0.25, 0.3) is 0 Å². The molecule has 0 aromatic heterocycles. The first-order valence-corrected chi connectivity index (χ1v) is 7.33. The summed E-state index contributed by atoms with van der Waals surface area (Å²) in [5.41, 5.74) is 2.93. The minimum absolute atomic E-state index is 0.120. The van der Waals surface area contributed by atoms with E-state index in [4.69, 9.17) is 4.74 Å². The van der Waals surface area contributed by atoms with Crippen LogP contribution in [0.5, 0.6) is 5.75 Å². The first-order chi connectivity index (χ1) is 9.36. The van der Waals surface area contributed by atoms with Gasteiger partial charge in [-0.25, -0.2) is 0 Å². The zero-order chi connectivity index (χ0) is 15.0. The second-order valence-electron chi connectivity index (χ2n) is 6.15. The quantitative estimate of drug-likeness (QED) is 0.827. The number of aryl methyl sites for hydroxylation is 1. The van der Waals surface area contributed by atoms with Crippen LogP contribution in [0.2, 0.25) is 0 Å². The summed E-state index contributed by atoms with van der Waals surface area (Å²) in [7, 11) is 1.65. The molecular formula is C17H25NO2. The second-order valence-corrected chi connectivity index (χ2v) is 6.15. The van der Waals surface area contributed by atoms with Crippen molar-refractivity contribution in [1.82, 2.24) is 4.90 Å². The molecule has 110 valence electrons. The summed E-state index contributed by atoms with van der Waals surface area (Å²) < 4.78 is 5.38. The normalized spacial score (nSPS) is 25.9. The minimum Gasteiger partial charge on any atom is -0.496 e. The van der Waals surface area contributed by atoms with Gasteiger partial charge in [0, 0.05) is 18.2 Å². The van der Waals surface area contributed by atoms with Crippen molar-refractivity contribution in [3.05, 3.63) is 28.8 Å². The number of hydrogen-bond donors (Lipinski definition) is 0. The molecule has 3 heteroatoms. The fraction of sp³-hybridized carbons (Fsp3) is 0.588. The Morgan fingerprint density at radius 2 is 1.90 bits per heavy atom. The molecule has 3 atom stereocenters. The summed E-state index contributed by atoms with van der Waals surface area (Å²) in [5.74, 6) is 2.02. The van der Waals surface area contributed by atoms with Crippen molar-refractivity contribution in [2.45, 2.75) is 40.7 Å². The summed E-state index contributed by atoms with van der Waals surface area (Å²) in [6.07, 6.45) is 0. The zero-order valence-electron chi connectivity index (χ0n) is 13.4. The molecule has 0 bridgehead atoms. The average Bonchev–Trinajstić information content (AvgIpc) is 2.68. The number of rotatable bonds is 2. The molecule has 3 nitrogen and oxygen atoms in total. The lowest BCUT2D eigenvalue weighted by Crippen LogP contribution is -2.35. The molecule has 0 radical (unpaired) electrons. The smallest absolute Gasteiger partial charge is 0.254 e. The number of ether oxygens (including phenoxy) is 1. The Morgan fingerprint density at radius 3 is 2.40 bits per heavy atom. The van der Waals surface area contributed by atoms with Gasteiger partial charge in [0.25, 0.3) is 5.91 Å². The van der Waals surface area contributed by atoms with Crippen molar-refractivity contribution in [2.24, 2.45) is 11.8 Å². The van der Waals surface area contributed by atoms with Gasteiger partial charge in [0.1, 0.15) is 5.75 Å². The summed E-state index contributed by atoms with van der Waals surface area (Å²) in [6.45, 7) is 11.5. The van der Waals surface area contributed by atoms with Gasteiger partial charge in [-0.05, 0) is 55.9 Å². The Kier molecular flexibility index (Phi) is 4.07. The van der Waals surface area contributed by atoms with Gasteiger partial charge in [-0.1, -0.05) is 13.8 Å². The number of amides is 1. The maximum Gasteiger partial charge on any atom is 0.254 e. The van der Waals surface area contributed by atoms with Crippen molar-refractivity contribution in [3.8, 4) is 5.75 Å². The van der Waals surface area contributed by atoms with E-state index in [1.807, 2.05) is 30.9 Å². The van der Waals surface area contributed by atoms with Crippen molar-refractivity contribution in [1.29, 1.82) is 0 Å². The molecule has 0 aliphatic carbocycles. The molecular weight excluding hydrogens is 250 g/mol. The van der Waals surface area contributed by atoms with Crippen LogP contribution in [-0.2, 0) is 0 Å². The second kappa shape index (κ2) is 5.47. The van der Waals surface area contributed by atoms with E-state index in [0.717, 1.165) is 29.0 Å².